The van der Waals surface area contributed by atoms with Gasteiger partial charge in [-0.2, -0.15) is 0 Å². The van der Waals surface area contributed by atoms with Crippen LogP contribution in [0.1, 0.15) is 0 Å². The SMILES string of the molecule is OC1CN(c2ccc(I)cn2)C1. The molecule has 3 nitrogen and oxygen atoms in total. The van der Waals surface area contributed by atoms with Crippen LogP contribution in [0, 0.1) is 3.57 Å². The maximum absolute atomic E-state index is 9.06. The summed E-state index contributed by atoms with van der Waals surface area (Å²) in [5, 5.41) is 9.06. The summed E-state index contributed by atoms with van der Waals surface area (Å²) in [6.07, 6.45) is 1.67. The van der Waals surface area contributed by atoms with Crippen LogP contribution < -0.4 is 4.90 Å². The monoisotopic (exact) mass is 276 g/mol. The van der Waals surface area contributed by atoms with Gasteiger partial charge < -0.3 is 10.0 Å². The van der Waals surface area contributed by atoms with Crippen molar-refractivity contribution in [3.8, 4) is 0 Å². The van der Waals surface area contributed by atoms with Crippen molar-refractivity contribution in [3.63, 3.8) is 0 Å². The third-order valence-electron chi connectivity index (χ3n) is 1.90. The fourth-order valence-electron chi connectivity index (χ4n) is 1.20. The minimum atomic E-state index is -0.161. The summed E-state index contributed by atoms with van der Waals surface area (Å²) in [5.74, 6) is 0.959. The van der Waals surface area contributed by atoms with E-state index in [1.807, 2.05) is 18.3 Å². The lowest BCUT2D eigenvalue weighted by atomic mass is 10.2. The molecule has 0 saturated carbocycles. The second-order valence-corrected chi connectivity index (χ2v) is 4.14. The van der Waals surface area contributed by atoms with Crippen LogP contribution in [0.25, 0.3) is 0 Å². The minimum absolute atomic E-state index is 0.161. The van der Waals surface area contributed by atoms with Crippen molar-refractivity contribution in [2.75, 3.05) is 18.0 Å². The molecule has 0 spiro atoms. The van der Waals surface area contributed by atoms with E-state index >= 15 is 0 Å². The molecule has 0 aromatic carbocycles. The first-order valence-electron chi connectivity index (χ1n) is 3.80. The van der Waals surface area contributed by atoms with Gasteiger partial charge in [0.05, 0.1) is 6.10 Å². The zero-order chi connectivity index (χ0) is 8.55. The third-order valence-corrected chi connectivity index (χ3v) is 2.54. The molecule has 4 heteroatoms. The highest BCUT2D eigenvalue weighted by Gasteiger charge is 2.24. The van der Waals surface area contributed by atoms with Crippen LogP contribution in [0.5, 0.6) is 0 Å². The summed E-state index contributed by atoms with van der Waals surface area (Å²) in [5.41, 5.74) is 0. The Labute approximate surface area is 84.6 Å². The Morgan fingerprint density at radius 2 is 2.25 bits per heavy atom. The predicted octanol–water partition coefficient (Wildman–Crippen LogP) is 0.867. The zero-order valence-electron chi connectivity index (χ0n) is 6.44. The fourth-order valence-corrected chi connectivity index (χ4v) is 1.52. The number of nitrogens with zero attached hydrogens (tertiary/aromatic N) is 2. The van der Waals surface area contributed by atoms with Gasteiger partial charge in [-0.05, 0) is 34.7 Å². The van der Waals surface area contributed by atoms with Crippen LogP contribution in [0.4, 0.5) is 5.82 Å². The van der Waals surface area contributed by atoms with Crippen LogP contribution in [0.2, 0.25) is 0 Å². The first kappa shape index (κ1) is 8.25. The molecular weight excluding hydrogens is 267 g/mol. The molecule has 1 aromatic rings. The fraction of sp³-hybridized carbons (Fsp3) is 0.375. The average Bonchev–Trinajstić information content (AvgIpc) is 2.01. The molecule has 1 aromatic heterocycles. The first-order chi connectivity index (χ1) is 5.75. The van der Waals surface area contributed by atoms with E-state index in [0.717, 1.165) is 9.39 Å². The Bertz CT molecular complexity index is 269. The number of halogens is 1. The van der Waals surface area contributed by atoms with Crippen molar-refractivity contribution < 1.29 is 5.11 Å². The summed E-state index contributed by atoms with van der Waals surface area (Å²) >= 11 is 2.22. The number of β-amino-alcohol motifs (C(OH)–C–C–N with tert-alkyl or cyclic N) is 1. The highest BCUT2D eigenvalue weighted by Crippen LogP contribution is 2.18. The Hall–Kier alpha value is -0.360. The summed E-state index contributed by atoms with van der Waals surface area (Å²) in [6.45, 7) is 1.43. The second kappa shape index (κ2) is 3.18. The van der Waals surface area contributed by atoms with E-state index in [4.69, 9.17) is 5.11 Å². The van der Waals surface area contributed by atoms with Gasteiger partial charge in [0.25, 0.3) is 0 Å². The molecule has 1 aliphatic rings. The van der Waals surface area contributed by atoms with Gasteiger partial charge in [-0.1, -0.05) is 0 Å². The van der Waals surface area contributed by atoms with E-state index in [1.165, 1.54) is 0 Å². The number of aromatic nitrogens is 1. The molecule has 12 heavy (non-hydrogen) atoms. The van der Waals surface area contributed by atoms with Crippen molar-refractivity contribution in [2.45, 2.75) is 6.10 Å². The van der Waals surface area contributed by atoms with Crippen molar-refractivity contribution in [1.82, 2.24) is 4.98 Å². The largest absolute Gasteiger partial charge is 0.389 e. The van der Waals surface area contributed by atoms with Crippen LogP contribution in [0.15, 0.2) is 18.3 Å². The number of rotatable bonds is 1. The lowest BCUT2D eigenvalue weighted by Crippen LogP contribution is -2.51. The Morgan fingerprint density at radius 1 is 1.50 bits per heavy atom. The van der Waals surface area contributed by atoms with Crippen LogP contribution >= 0.6 is 22.6 Å². The number of anilines is 1. The number of hydrogen-bond acceptors (Lipinski definition) is 3. The van der Waals surface area contributed by atoms with Crippen molar-refractivity contribution in [2.24, 2.45) is 0 Å². The van der Waals surface area contributed by atoms with E-state index < -0.39 is 0 Å². The topological polar surface area (TPSA) is 36.4 Å². The van der Waals surface area contributed by atoms with E-state index in [2.05, 4.69) is 32.5 Å². The predicted molar refractivity (Wildman–Crippen MR) is 55.2 cm³/mol. The molecule has 0 atom stereocenters. The molecule has 1 fully saturated rings. The quantitative estimate of drug-likeness (QED) is 0.773. The number of aliphatic hydroxyl groups excluding tert-OH is 1. The highest BCUT2D eigenvalue weighted by atomic mass is 127. The van der Waals surface area contributed by atoms with Crippen LogP contribution in [-0.4, -0.2) is 29.3 Å². The third kappa shape index (κ3) is 1.54. The normalized spacial score (nSPS) is 17.7. The summed E-state index contributed by atoms with van der Waals surface area (Å²) in [7, 11) is 0. The molecule has 0 aliphatic carbocycles. The smallest absolute Gasteiger partial charge is 0.128 e. The van der Waals surface area contributed by atoms with Gasteiger partial charge in [-0.3, -0.25) is 0 Å². The summed E-state index contributed by atoms with van der Waals surface area (Å²) in [4.78, 5) is 6.30. The maximum atomic E-state index is 9.06. The Kier molecular flexibility index (Phi) is 2.18. The molecule has 0 radical (unpaired) electrons. The number of hydrogen-bond donors (Lipinski definition) is 1. The maximum Gasteiger partial charge on any atom is 0.128 e. The molecule has 1 N–H and O–H groups in total. The van der Waals surface area contributed by atoms with Gasteiger partial charge in [-0.25, -0.2) is 4.98 Å². The Morgan fingerprint density at radius 3 is 2.75 bits per heavy atom. The van der Waals surface area contributed by atoms with Crippen molar-refractivity contribution in [1.29, 1.82) is 0 Å². The molecule has 0 unspecified atom stereocenters. The first-order valence-corrected chi connectivity index (χ1v) is 4.88. The number of aliphatic hydroxyl groups is 1. The molecule has 0 amide bonds. The van der Waals surface area contributed by atoms with Crippen molar-refractivity contribution in [3.05, 3.63) is 21.9 Å². The van der Waals surface area contributed by atoms with Crippen molar-refractivity contribution >= 4 is 28.4 Å². The highest BCUT2D eigenvalue weighted by molar-refractivity contribution is 14.1. The molecule has 64 valence electrons. The minimum Gasteiger partial charge on any atom is -0.389 e. The molecule has 2 rings (SSSR count). The van der Waals surface area contributed by atoms with E-state index in [0.29, 0.717) is 13.1 Å². The zero-order valence-corrected chi connectivity index (χ0v) is 8.60. The van der Waals surface area contributed by atoms with Gasteiger partial charge in [0.15, 0.2) is 0 Å². The standard InChI is InChI=1S/C8H9IN2O/c9-6-1-2-8(10-3-6)11-4-7(12)5-11/h1-3,7,12H,4-5H2. The van der Waals surface area contributed by atoms with Gasteiger partial charge in [-0.15, -0.1) is 0 Å². The molecule has 2 heterocycles. The average molecular weight is 276 g/mol. The molecule has 1 aliphatic heterocycles. The molecule has 0 bridgehead atoms. The van der Waals surface area contributed by atoms with Crippen LogP contribution in [-0.2, 0) is 0 Å². The van der Waals surface area contributed by atoms with Gasteiger partial charge in [0, 0.05) is 22.9 Å². The van der Waals surface area contributed by atoms with Gasteiger partial charge in [0.1, 0.15) is 5.82 Å². The Balaban J connectivity index is 2.09. The lowest BCUT2D eigenvalue weighted by Gasteiger charge is -2.36. The van der Waals surface area contributed by atoms with E-state index in [9.17, 15) is 0 Å². The lowest BCUT2D eigenvalue weighted by molar-refractivity contribution is 0.141. The van der Waals surface area contributed by atoms with Gasteiger partial charge >= 0.3 is 0 Å². The van der Waals surface area contributed by atoms with E-state index in [1.54, 1.807) is 0 Å². The number of pyridine rings is 1. The molecular formula is C8H9IN2O. The van der Waals surface area contributed by atoms with E-state index in [-0.39, 0.29) is 6.10 Å². The second-order valence-electron chi connectivity index (χ2n) is 2.89. The van der Waals surface area contributed by atoms with Gasteiger partial charge in [0.2, 0.25) is 0 Å². The molecule has 1 saturated heterocycles. The summed E-state index contributed by atoms with van der Waals surface area (Å²) < 4.78 is 1.14. The summed E-state index contributed by atoms with van der Waals surface area (Å²) in [6, 6.07) is 4.00. The van der Waals surface area contributed by atoms with Crippen LogP contribution in [0.3, 0.4) is 0 Å².